The monoisotopic (exact) mass is 518 g/mol. The third-order valence-corrected chi connectivity index (χ3v) is 6.19. The molecule has 7 nitrogen and oxygen atoms in total. The third kappa shape index (κ3) is 5.89. The van der Waals surface area contributed by atoms with Crippen LogP contribution in [0.4, 0.5) is 13.2 Å². The molecule has 2 aliphatic rings. The van der Waals surface area contributed by atoms with Gasteiger partial charge in [-0.15, -0.1) is 0 Å². The summed E-state index contributed by atoms with van der Waals surface area (Å²) in [5, 5.41) is 10.9. The first-order valence-corrected chi connectivity index (χ1v) is 10.4. The van der Waals surface area contributed by atoms with Crippen LogP contribution in [0, 0.1) is 5.92 Å². The summed E-state index contributed by atoms with van der Waals surface area (Å²) in [5.41, 5.74) is -1.21. The van der Waals surface area contributed by atoms with Crippen molar-refractivity contribution in [2.24, 2.45) is 5.92 Å². The quantitative estimate of drug-likeness (QED) is 0.317. The van der Waals surface area contributed by atoms with Crippen LogP contribution in [0.5, 0.6) is 0 Å². The highest BCUT2D eigenvalue weighted by molar-refractivity contribution is 9.10. The lowest BCUT2D eigenvalue weighted by molar-refractivity contribution is -0.180. The number of aliphatic hydroxyl groups is 1. The number of esters is 1. The maximum atomic E-state index is 13.1. The smallest absolute Gasteiger partial charge is 0.431 e. The fourth-order valence-corrected chi connectivity index (χ4v) is 4.27. The van der Waals surface area contributed by atoms with Crippen molar-refractivity contribution in [2.45, 2.75) is 42.7 Å². The van der Waals surface area contributed by atoms with Crippen molar-refractivity contribution >= 4 is 39.4 Å². The van der Waals surface area contributed by atoms with E-state index in [4.69, 9.17) is 21.1 Å². The zero-order chi connectivity index (χ0) is 22.6. The fourth-order valence-electron chi connectivity index (χ4n) is 3.42. The van der Waals surface area contributed by atoms with Crippen molar-refractivity contribution in [1.29, 1.82) is 0 Å². The van der Waals surface area contributed by atoms with E-state index in [1.54, 1.807) is 6.08 Å². The summed E-state index contributed by atoms with van der Waals surface area (Å²) in [6, 6.07) is -0.585. The first kappa shape index (κ1) is 25.0. The number of aliphatic hydroxyl groups excluding tert-OH is 1. The fraction of sp³-hybridized carbons (Fsp3) is 0.667. The lowest BCUT2D eigenvalue weighted by atomic mass is 9.87. The minimum absolute atomic E-state index is 0.100. The topological polar surface area (TPSA) is 79.3 Å². The number of methoxy groups -OCH3 is 1. The van der Waals surface area contributed by atoms with Gasteiger partial charge >= 0.3 is 12.1 Å². The number of halogens is 5. The first-order chi connectivity index (χ1) is 14.0. The number of allylic oxidation sites excluding steroid dienone is 2. The number of ether oxygens (including phenoxy) is 2. The Balaban J connectivity index is 2.09. The molecule has 30 heavy (non-hydrogen) atoms. The van der Waals surface area contributed by atoms with Gasteiger partial charge in [0.15, 0.2) is 0 Å². The van der Waals surface area contributed by atoms with Gasteiger partial charge in [0.2, 0.25) is 6.35 Å². The lowest BCUT2D eigenvalue weighted by Gasteiger charge is -2.45. The number of carbonyl (C=O) groups is 2. The van der Waals surface area contributed by atoms with Gasteiger partial charge in [0.05, 0.1) is 6.61 Å². The van der Waals surface area contributed by atoms with Gasteiger partial charge < -0.3 is 19.5 Å². The van der Waals surface area contributed by atoms with Crippen LogP contribution in [0.15, 0.2) is 22.9 Å². The van der Waals surface area contributed by atoms with Crippen LogP contribution >= 0.6 is 27.5 Å². The second-order valence-corrected chi connectivity index (χ2v) is 8.55. The highest BCUT2D eigenvalue weighted by Gasteiger charge is 2.46. The molecule has 0 radical (unpaired) electrons. The Labute approximate surface area is 185 Å². The molecule has 0 saturated carbocycles. The number of hydrogen-bond acceptors (Lipinski definition) is 6. The van der Waals surface area contributed by atoms with Gasteiger partial charge in [0, 0.05) is 31.3 Å². The van der Waals surface area contributed by atoms with Crippen LogP contribution in [-0.4, -0.2) is 77.6 Å². The average molecular weight is 520 g/mol. The van der Waals surface area contributed by atoms with Crippen LogP contribution in [0.3, 0.4) is 0 Å². The highest BCUT2D eigenvalue weighted by atomic mass is 79.9. The van der Waals surface area contributed by atoms with Crippen molar-refractivity contribution in [3.8, 4) is 0 Å². The van der Waals surface area contributed by atoms with Gasteiger partial charge in [0.1, 0.15) is 17.1 Å². The summed E-state index contributed by atoms with van der Waals surface area (Å²) in [6.45, 7) is 0.358. The lowest BCUT2D eigenvalue weighted by Crippen LogP contribution is -2.58. The molecule has 1 aliphatic heterocycles. The number of alkyl halides is 4. The molecule has 0 spiro atoms. The molecule has 4 unspecified atom stereocenters. The highest BCUT2D eigenvalue weighted by Crippen LogP contribution is 2.38. The Morgan fingerprint density at radius 3 is 2.70 bits per heavy atom. The normalized spacial score (nSPS) is 26.3. The summed E-state index contributed by atoms with van der Waals surface area (Å²) in [5.74, 6) is -1.77. The van der Waals surface area contributed by atoms with E-state index in [9.17, 15) is 27.9 Å². The maximum absolute atomic E-state index is 13.1. The average Bonchev–Trinajstić information content (AvgIpc) is 2.66. The van der Waals surface area contributed by atoms with E-state index in [0.29, 0.717) is 16.0 Å². The Morgan fingerprint density at radius 1 is 1.43 bits per heavy atom. The van der Waals surface area contributed by atoms with Gasteiger partial charge in [0.25, 0.3) is 5.91 Å². The third-order valence-electron chi connectivity index (χ3n) is 4.98. The summed E-state index contributed by atoms with van der Waals surface area (Å²) >= 11 is 9.54. The molecule has 0 saturated heterocycles. The Kier molecular flexibility index (Phi) is 8.60. The molecular weight excluding hydrogens is 497 g/mol. The van der Waals surface area contributed by atoms with E-state index in [0.717, 1.165) is 11.9 Å². The molecule has 0 fully saturated rings. The number of rotatable bonds is 7. The minimum atomic E-state index is -4.76. The van der Waals surface area contributed by atoms with Crippen LogP contribution in [0.25, 0.3) is 0 Å². The molecule has 0 aromatic carbocycles. The summed E-state index contributed by atoms with van der Waals surface area (Å²) in [7, 11) is 2.55. The van der Waals surface area contributed by atoms with Crippen LogP contribution in [-0.2, 0) is 19.1 Å². The van der Waals surface area contributed by atoms with Crippen molar-refractivity contribution in [3.05, 3.63) is 22.9 Å². The number of carbonyl (C=O) groups excluding carboxylic acids is 2. The SMILES string of the molecule is COCCOC(=O)C(Br)CC1CC(N2C(=O)C=C(C(F)(F)F)N(C)C2O)CC=C1Cl. The van der Waals surface area contributed by atoms with Gasteiger partial charge in [-0.05, 0) is 25.2 Å². The van der Waals surface area contributed by atoms with Gasteiger partial charge in [-0.2, -0.15) is 13.2 Å². The molecule has 1 amide bonds. The van der Waals surface area contributed by atoms with Gasteiger partial charge in [-0.25, -0.2) is 0 Å². The van der Waals surface area contributed by atoms with Crippen LogP contribution < -0.4 is 0 Å². The molecule has 4 atom stereocenters. The number of nitrogens with zero attached hydrogens (tertiary/aromatic N) is 2. The van der Waals surface area contributed by atoms with Crippen LogP contribution in [0.1, 0.15) is 19.3 Å². The van der Waals surface area contributed by atoms with Crippen molar-refractivity contribution in [2.75, 3.05) is 27.4 Å². The minimum Gasteiger partial charge on any atom is -0.462 e. The van der Waals surface area contributed by atoms with Gasteiger partial charge in [-0.3, -0.25) is 14.5 Å². The Morgan fingerprint density at radius 2 is 2.10 bits per heavy atom. The molecule has 170 valence electrons. The predicted molar refractivity (Wildman–Crippen MR) is 105 cm³/mol. The molecule has 1 N–H and O–H groups in total. The zero-order valence-electron chi connectivity index (χ0n) is 16.4. The number of hydrogen-bond donors (Lipinski definition) is 1. The molecule has 1 aliphatic carbocycles. The summed E-state index contributed by atoms with van der Waals surface area (Å²) in [6.07, 6.45) is -3.60. The molecule has 12 heteroatoms. The van der Waals surface area contributed by atoms with E-state index in [2.05, 4.69) is 15.9 Å². The first-order valence-electron chi connectivity index (χ1n) is 9.14. The van der Waals surface area contributed by atoms with E-state index in [1.807, 2.05) is 0 Å². The molecule has 0 aromatic rings. The van der Waals surface area contributed by atoms with Crippen molar-refractivity contribution in [1.82, 2.24) is 9.80 Å². The zero-order valence-corrected chi connectivity index (χ0v) is 18.7. The van der Waals surface area contributed by atoms with Crippen molar-refractivity contribution in [3.63, 3.8) is 0 Å². The molecule has 0 bridgehead atoms. The Bertz CT molecular complexity index is 718. The maximum Gasteiger partial charge on any atom is 0.431 e. The molecule has 2 rings (SSSR count). The van der Waals surface area contributed by atoms with E-state index >= 15 is 0 Å². The van der Waals surface area contributed by atoms with Crippen LogP contribution in [0.2, 0.25) is 0 Å². The summed E-state index contributed by atoms with van der Waals surface area (Å²) < 4.78 is 49.1. The second kappa shape index (κ2) is 10.3. The van der Waals surface area contributed by atoms with E-state index < -0.39 is 41.0 Å². The Hall–Kier alpha value is -1.30. The summed E-state index contributed by atoms with van der Waals surface area (Å²) in [4.78, 5) is 25.4. The molecular formula is C18H23BrClF3N2O5. The van der Waals surface area contributed by atoms with E-state index in [1.165, 1.54) is 7.11 Å². The van der Waals surface area contributed by atoms with Crippen molar-refractivity contribution < 1.29 is 37.3 Å². The van der Waals surface area contributed by atoms with Gasteiger partial charge in [-0.1, -0.05) is 33.6 Å². The molecule has 0 aromatic heterocycles. The standard InChI is InChI=1S/C18H23BrClF3N2O5/c1-24-14(18(21,22)23)9-15(26)25(17(24)28)11-3-4-13(20)10(7-11)8-12(19)16(27)30-6-5-29-2/h4,9-12,17,28H,3,5-8H2,1-2H3. The predicted octanol–water partition coefficient (Wildman–Crippen LogP) is 2.73. The van der Waals surface area contributed by atoms with E-state index in [-0.39, 0.29) is 38.4 Å². The number of amides is 1. The molecule has 1 heterocycles. The second-order valence-electron chi connectivity index (χ2n) is 7.00. The largest absolute Gasteiger partial charge is 0.462 e.